The molecule has 136 valence electrons. The summed E-state index contributed by atoms with van der Waals surface area (Å²) in [6, 6.07) is 6.98. The lowest BCUT2D eigenvalue weighted by Gasteiger charge is -2.23. The summed E-state index contributed by atoms with van der Waals surface area (Å²) in [7, 11) is 1.60. The molecule has 0 radical (unpaired) electrons. The van der Waals surface area contributed by atoms with Gasteiger partial charge in [-0.3, -0.25) is 9.59 Å². The first-order valence-electron chi connectivity index (χ1n) is 8.78. The highest BCUT2D eigenvalue weighted by atomic mass is 16.5. The Hall–Kier alpha value is -2.30. The number of nitrogens with one attached hydrogen (secondary N) is 1. The van der Waals surface area contributed by atoms with Gasteiger partial charge in [-0.25, -0.2) is 0 Å². The van der Waals surface area contributed by atoms with Crippen LogP contribution in [-0.2, 0) is 14.3 Å². The molecule has 1 N–H and O–H groups in total. The number of carbonyl (C=O) groups excluding carboxylic acids is 2. The van der Waals surface area contributed by atoms with Gasteiger partial charge in [0.15, 0.2) is 0 Å². The van der Waals surface area contributed by atoms with Crippen LogP contribution in [0.1, 0.15) is 51.1 Å². The smallest absolute Gasteiger partial charge is 0.308 e. The van der Waals surface area contributed by atoms with Gasteiger partial charge < -0.3 is 14.8 Å². The van der Waals surface area contributed by atoms with Crippen LogP contribution in [0.2, 0.25) is 0 Å². The van der Waals surface area contributed by atoms with E-state index in [4.69, 9.17) is 9.47 Å². The van der Waals surface area contributed by atoms with Crippen molar-refractivity contribution in [3.8, 4) is 5.75 Å². The molecule has 25 heavy (non-hydrogen) atoms. The van der Waals surface area contributed by atoms with E-state index in [1.54, 1.807) is 7.11 Å². The summed E-state index contributed by atoms with van der Waals surface area (Å²) in [4.78, 5) is 24.7. The predicted molar refractivity (Wildman–Crippen MR) is 96.2 cm³/mol. The lowest BCUT2D eigenvalue weighted by atomic mass is 9.92. The van der Waals surface area contributed by atoms with E-state index in [1.165, 1.54) is 0 Å². The Morgan fingerprint density at radius 1 is 1.20 bits per heavy atom. The number of benzene rings is 1. The van der Waals surface area contributed by atoms with E-state index in [0.717, 1.165) is 30.6 Å². The second-order valence-electron chi connectivity index (χ2n) is 6.56. The van der Waals surface area contributed by atoms with Gasteiger partial charge in [-0.05, 0) is 50.8 Å². The molecule has 5 nitrogen and oxygen atoms in total. The summed E-state index contributed by atoms with van der Waals surface area (Å²) < 4.78 is 10.4. The number of allylic oxidation sites excluding steroid dienone is 2. The Bertz CT molecular complexity index is 607. The molecule has 0 heterocycles. The maximum Gasteiger partial charge on any atom is 0.308 e. The van der Waals surface area contributed by atoms with Gasteiger partial charge >= 0.3 is 5.97 Å². The van der Waals surface area contributed by atoms with Crippen LogP contribution in [0.15, 0.2) is 36.4 Å². The Labute approximate surface area is 149 Å². The van der Waals surface area contributed by atoms with E-state index in [-0.39, 0.29) is 30.3 Å². The number of amides is 1. The minimum Gasteiger partial charge on any atom is -0.497 e. The number of carbonyl (C=O) groups is 2. The van der Waals surface area contributed by atoms with E-state index in [2.05, 4.69) is 11.4 Å². The lowest BCUT2D eigenvalue weighted by Crippen LogP contribution is -2.35. The van der Waals surface area contributed by atoms with Gasteiger partial charge in [0.2, 0.25) is 5.91 Å². The molecule has 0 aromatic heterocycles. The van der Waals surface area contributed by atoms with E-state index in [1.807, 2.05) is 44.2 Å². The maximum atomic E-state index is 12.6. The van der Waals surface area contributed by atoms with Gasteiger partial charge in [0.1, 0.15) is 5.75 Å². The monoisotopic (exact) mass is 345 g/mol. The standard InChI is InChI=1S/C20H27NO4/c1-14(2)25-19(22)13-18(15-9-11-17(24-3)12-10-15)21-20(23)16-7-5-4-6-8-16/h4-5,9-12,14,16,18H,6-8,13H2,1-3H3,(H,21,23). The molecule has 0 bridgehead atoms. The molecule has 2 rings (SSSR count). The van der Waals surface area contributed by atoms with E-state index < -0.39 is 6.04 Å². The van der Waals surface area contributed by atoms with Gasteiger partial charge in [0.05, 0.1) is 25.7 Å². The molecule has 0 aliphatic heterocycles. The summed E-state index contributed by atoms with van der Waals surface area (Å²) in [5, 5.41) is 3.03. The molecule has 0 saturated carbocycles. The molecule has 1 aromatic rings. The Balaban J connectivity index is 2.10. The minimum atomic E-state index is -0.407. The topological polar surface area (TPSA) is 64.6 Å². The zero-order valence-electron chi connectivity index (χ0n) is 15.2. The molecule has 1 aliphatic carbocycles. The van der Waals surface area contributed by atoms with Crippen molar-refractivity contribution in [1.29, 1.82) is 0 Å². The van der Waals surface area contributed by atoms with Crippen molar-refractivity contribution < 1.29 is 19.1 Å². The van der Waals surface area contributed by atoms with Gasteiger partial charge in [-0.2, -0.15) is 0 Å². The van der Waals surface area contributed by atoms with Gasteiger partial charge in [0.25, 0.3) is 0 Å². The first-order valence-corrected chi connectivity index (χ1v) is 8.78. The van der Waals surface area contributed by atoms with Crippen molar-refractivity contribution >= 4 is 11.9 Å². The Morgan fingerprint density at radius 3 is 2.48 bits per heavy atom. The summed E-state index contributed by atoms with van der Waals surface area (Å²) in [6.45, 7) is 3.63. The molecular formula is C20H27NO4. The zero-order valence-corrected chi connectivity index (χ0v) is 15.2. The molecule has 0 spiro atoms. The van der Waals surface area contributed by atoms with Crippen molar-refractivity contribution in [3.05, 3.63) is 42.0 Å². The number of methoxy groups -OCH3 is 1. The fourth-order valence-corrected chi connectivity index (χ4v) is 2.89. The first kappa shape index (κ1) is 19.0. The summed E-state index contributed by atoms with van der Waals surface area (Å²) in [5.74, 6) is 0.366. The van der Waals surface area contributed by atoms with Crippen LogP contribution in [0.5, 0.6) is 5.75 Å². The number of rotatable bonds is 7. The summed E-state index contributed by atoms with van der Waals surface area (Å²) >= 11 is 0. The van der Waals surface area contributed by atoms with Crippen molar-refractivity contribution in [2.24, 2.45) is 5.92 Å². The van der Waals surface area contributed by atoms with Crippen LogP contribution >= 0.6 is 0 Å². The highest BCUT2D eigenvalue weighted by Crippen LogP contribution is 2.24. The van der Waals surface area contributed by atoms with Crippen molar-refractivity contribution in [2.45, 2.75) is 51.7 Å². The number of hydrogen-bond acceptors (Lipinski definition) is 4. The fourth-order valence-electron chi connectivity index (χ4n) is 2.89. The van der Waals surface area contributed by atoms with Crippen LogP contribution in [0.25, 0.3) is 0 Å². The minimum absolute atomic E-state index is 0.0116. The van der Waals surface area contributed by atoms with Gasteiger partial charge in [-0.15, -0.1) is 0 Å². The molecule has 0 fully saturated rings. The molecule has 1 aliphatic rings. The third-order valence-electron chi connectivity index (χ3n) is 4.21. The Kier molecular flexibility index (Phi) is 7.04. The fraction of sp³-hybridized carbons (Fsp3) is 0.500. The van der Waals surface area contributed by atoms with Crippen LogP contribution < -0.4 is 10.1 Å². The van der Waals surface area contributed by atoms with Crippen molar-refractivity contribution in [2.75, 3.05) is 7.11 Å². The van der Waals surface area contributed by atoms with Gasteiger partial charge in [-0.1, -0.05) is 24.3 Å². The zero-order chi connectivity index (χ0) is 18.2. The average Bonchev–Trinajstić information content (AvgIpc) is 2.61. The summed E-state index contributed by atoms with van der Waals surface area (Å²) in [5.41, 5.74) is 0.862. The molecule has 5 heteroatoms. The highest BCUT2D eigenvalue weighted by molar-refractivity contribution is 5.80. The Morgan fingerprint density at radius 2 is 1.92 bits per heavy atom. The van der Waals surface area contributed by atoms with Crippen molar-refractivity contribution in [1.82, 2.24) is 5.32 Å². The molecule has 1 amide bonds. The molecular weight excluding hydrogens is 318 g/mol. The number of esters is 1. The first-order chi connectivity index (χ1) is 12.0. The third kappa shape index (κ3) is 5.93. The van der Waals surface area contributed by atoms with Crippen molar-refractivity contribution in [3.63, 3.8) is 0 Å². The highest BCUT2D eigenvalue weighted by Gasteiger charge is 2.25. The lowest BCUT2D eigenvalue weighted by molar-refractivity contribution is -0.148. The van der Waals surface area contributed by atoms with Crippen LogP contribution in [0, 0.1) is 5.92 Å². The largest absolute Gasteiger partial charge is 0.497 e. The van der Waals surface area contributed by atoms with E-state index in [0.29, 0.717) is 0 Å². The van der Waals surface area contributed by atoms with Gasteiger partial charge in [0, 0.05) is 5.92 Å². The maximum absolute atomic E-state index is 12.6. The molecule has 2 unspecified atom stereocenters. The average molecular weight is 345 g/mol. The summed E-state index contributed by atoms with van der Waals surface area (Å²) in [6.07, 6.45) is 6.59. The SMILES string of the molecule is COc1ccc(C(CC(=O)OC(C)C)NC(=O)C2CC=CCC2)cc1. The quantitative estimate of drug-likeness (QED) is 0.606. The molecule has 0 saturated heterocycles. The van der Waals surface area contributed by atoms with E-state index >= 15 is 0 Å². The number of ether oxygens (including phenoxy) is 2. The third-order valence-corrected chi connectivity index (χ3v) is 4.21. The predicted octanol–water partition coefficient (Wildman–Crippen LogP) is 3.55. The van der Waals surface area contributed by atoms with Crippen LogP contribution in [0.4, 0.5) is 0 Å². The normalized spacial score (nSPS) is 17.8. The number of hydrogen-bond donors (Lipinski definition) is 1. The molecule has 1 aromatic carbocycles. The van der Waals surface area contributed by atoms with Crippen LogP contribution in [0.3, 0.4) is 0 Å². The molecule has 2 atom stereocenters. The van der Waals surface area contributed by atoms with Crippen LogP contribution in [-0.4, -0.2) is 25.1 Å². The second kappa shape index (κ2) is 9.25. The second-order valence-corrected chi connectivity index (χ2v) is 6.56. The van der Waals surface area contributed by atoms with E-state index in [9.17, 15) is 9.59 Å².